The predicted molar refractivity (Wildman–Crippen MR) is 651 cm³/mol. The maximum atomic E-state index is 5.50. The molecule has 0 saturated carbocycles. The van der Waals surface area contributed by atoms with Crippen molar-refractivity contribution >= 4 is 93.8 Å². The number of aromatic nitrogens is 3. The molecule has 0 unspecified atom stereocenters. The van der Waals surface area contributed by atoms with E-state index in [0.29, 0.717) is 17.7 Å². The van der Waals surface area contributed by atoms with E-state index >= 15 is 0 Å². The highest BCUT2D eigenvalue weighted by atomic mass is 32.2. The van der Waals surface area contributed by atoms with Crippen LogP contribution in [0.25, 0.3) is 11.4 Å². The molecule has 2 N–H and O–H groups in total. The number of hydrogen-bond donors (Lipinski definition) is 2. The number of nitrogens with zero attached hydrogens (tertiary/aromatic N) is 3. The van der Waals surface area contributed by atoms with Gasteiger partial charge in [0.25, 0.3) is 0 Å². The molecule has 0 bridgehead atoms. The SMILES string of the molecule is CCCCCCCCCCCCCCCCCCSc1cc(Nc2nc(Nc3cc(SCCCCCCCCCCCCCCCCCC)c(SCCCCCCCCCCCCCCCCCC)c(SCCCCCCCCCCCCCCCCCC)c3)nc(-c3ccc(C)cc3)n2)cc(SCCCCCCCCCCCCCCCCCC)c1SCCCCCCCCCCCCCCCCCC. The maximum Gasteiger partial charge on any atom is 0.232 e. The lowest BCUT2D eigenvalue weighted by atomic mass is 10.0. The van der Waals surface area contributed by atoms with Crippen molar-refractivity contribution in [3.05, 3.63) is 54.1 Å². The van der Waals surface area contributed by atoms with Gasteiger partial charge in [0.05, 0.1) is 0 Å². The molecular weight excluding hydrogens is 1820 g/mol. The van der Waals surface area contributed by atoms with E-state index in [9.17, 15) is 0 Å². The van der Waals surface area contributed by atoms with Crippen LogP contribution in [0.4, 0.5) is 23.3 Å². The third kappa shape index (κ3) is 80.9. The lowest BCUT2D eigenvalue weighted by Gasteiger charge is -2.19. The Labute approximate surface area is 906 Å². The molecular formula is C130H235N5S6. The second kappa shape index (κ2) is 104. The molecule has 1 aromatic heterocycles. The first-order valence-corrected chi connectivity index (χ1v) is 69.3. The van der Waals surface area contributed by atoms with E-state index in [0.717, 1.165) is 39.9 Å². The van der Waals surface area contributed by atoms with Crippen molar-refractivity contribution in [3.63, 3.8) is 0 Å². The van der Waals surface area contributed by atoms with E-state index in [1.165, 1.54) is 663 Å². The maximum absolute atomic E-state index is 5.50. The van der Waals surface area contributed by atoms with Gasteiger partial charge in [0.1, 0.15) is 0 Å². The van der Waals surface area contributed by atoms with Gasteiger partial charge >= 0.3 is 0 Å². The fourth-order valence-electron chi connectivity index (χ4n) is 20.6. The highest BCUT2D eigenvalue weighted by Gasteiger charge is 2.20. The molecule has 3 aromatic carbocycles. The largest absolute Gasteiger partial charge is 0.324 e. The number of thioether (sulfide) groups is 6. The van der Waals surface area contributed by atoms with Crippen molar-refractivity contribution in [1.82, 2.24) is 15.0 Å². The number of hydrogen-bond acceptors (Lipinski definition) is 11. The molecule has 0 amide bonds. The highest BCUT2D eigenvalue weighted by molar-refractivity contribution is 8.04. The first kappa shape index (κ1) is 132. The summed E-state index contributed by atoms with van der Waals surface area (Å²) in [6.07, 6.45) is 135. The summed E-state index contributed by atoms with van der Waals surface area (Å²) in [6.45, 7) is 16.2. The molecule has 816 valence electrons. The van der Waals surface area contributed by atoms with E-state index in [1.54, 1.807) is 0 Å². The summed E-state index contributed by atoms with van der Waals surface area (Å²) in [6, 6.07) is 18.9. The summed E-state index contributed by atoms with van der Waals surface area (Å²) in [4.78, 5) is 25.2. The average Bonchev–Trinajstić information content (AvgIpc) is 0.804. The van der Waals surface area contributed by atoms with Gasteiger partial charge in [-0.05, 0) is 104 Å². The normalized spacial score (nSPS) is 11.7. The minimum Gasteiger partial charge on any atom is -0.324 e. The molecule has 4 rings (SSSR count). The number of benzene rings is 3. The molecule has 0 aliphatic carbocycles. The van der Waals surface area contributed by atoms with Crippen LogP contribution < -0.4 is 10.6 Å². The Balaban J connectivity index is 1.68. The summed E-state index contributed by atoms with van der Waals surface area (Å²) >= 11 is 12.9. The van der Waals surface area contributed by atoms with E-state index in [2.05, 4.69) is 178 Å². The molecule has 5 nitrogen and oxygen atoms in total. The summed E-state index contributed by atoms with van der Waals surface area (Å²) < 4.78 is 0. The molecule has 141 heavy (non-hydrogen) atoms. The Kier molecular flexibility index (Phi) is 97.2. The lowest BCUT2D eigenvalue weighted by molar-refractivity contribution is 0.531. The number of anilines is 4. The van der Waals surface area contributed by atoms with Crippen LogP contribution in [0.3, 0.4) is 0 Å². The van der Waals surface area contributed by atoms with Crippen molar-refractivity contribution in [3.8, 4) is 11.4 Å². The van der Waals surface area contributed by atoms with Gasteiger partial charge in [-0.1, -0.05) is 649 Å². The van der Waals surface area contributed by atoms with Crippen LogP contribution in [0.2, 0.25) is 0 Å². The Bertz CT molecular complexity index is 2950. The summed E-state index contributed by atoms with van der Waals surface area (Å²) in [5, 5.41) is 7.99. The minimum atomic E-state index is 0.612. The van der Waals surface area contributed by atoms with Crippen LogP contribution in [0.1, 0.15) is 664 Å². The monoisotopic (exact) mass is 2060 g/mol. The summed E-state index contributed by atoms with van der Waals surface area (Å²) in [5.41, 5.74) is 4.47. The fraction of sp³-hybridized carbons (Fsp3) is 0.838. The van der Waals surface area contributed by atoms with Crippen LogP contribution in [0.5, 0.6) is 0 Å². The fourth-order valence-corrected chi connectivity index (χ4v) is 28.1. The molecule has 0 aliphatic rings. The molecule has 1 heterocycles. The van der Waals surface area contributed by atoms with Crippen LogP contribution in [0, 0.1) is 6.92 Å². The van der Waals surface area contributed by atoms with Crippen molar-refractivity contribution in [2.45, 2.75) is 694 Å². The highest BCUT2D eigenvalue weighted by Crippen LogP contribution is 2.46. The van der Waals surface area contributed by atoms with Gasteiger partial charge < -0.3 is 10.6 Å². The Morgan fingerprint density at radius 2 is 0.312 bits per heavy atom. The Morgan fingerprint density at radius 3 is 0.468 bits per heavy atom. The molecule has 4 aromatic rings. The Morgan fingerprint density at radius 1 is 0.170 bits per heavy atom. The number of unbranched alkanes of at least 4 members (excludes halogenated alkanes) is 90. The molecule has 0 aliphatic heterocycles. The zero-order valence-electron chi connectivity index (χ0n) is 95.0. The van der Waals surface area contributed by atoms with Gasteiger partial charge in [-0.2, -0.15) is 15.0 Å². The van der Waals surface area contributed by atoms with Gasteiger partial charge in [-0.3, -0.25) is 0 Å². The first-order chi connectivity index (χ1) is 69.9. The van der Waals surface area contributed by atoms with Crippen molar-refractivity contribution < 1.29 is 0 Å². The van der Waals surface area contributed by atoms with E-state index in [1.807, 2.05) is 0 Å². The molecule has 0 radical (unpaired) electrons. The molecule has 11 heteroatoms. The van der Waals surface area contributed by atoms with Crippen molar-refractivity contribution in [2.24, 2.45) is 0 Å². The van der Waals surface area contributed by atoms with Gasteiger partial charge in [0.2, 0.25) is 11.9 Å². The van der Waals surface area contributed by atoms with Gasteiger partial charge in [-0.25, -0.2) is 0 Å². The van der Waals surface area contributed by atoms with Crippen LogP contribution in [-0.4, -0.2) is 49.5 Å². The van der Waals surface area contributed by atoms with Gasteiger partial charge in [0.15, 0.2) is 5.82 Å². The van der Waals surface area contributed by atoms with E-state index < -0.39 is 0 Å². The molecule has 0 fully saturated rings. The van der Waals surface area contributed by atoms with Crippen molar-refractivity contribution in [1.29, 1.82) is 0 Å². The van der Waals surface area contributed by atoms with Crippen LogP contribution >= 0.6 is 70.6 Å². The second-order valence-corrected chi connectivity index (χ2v) is 50.7. The van der Waals surface area contributed by atoms with Gasteiger partial charge in [-0.15, -0.1) is 70.6 Å². The minimum absolute atomic E-state index is 0.612. The molecule has 0 saturated heterocycles. The topological polar surface area (TPSA) is 62.7 Å². The number of nitrogens with one attached hydrogen (secondary N) is 2. The van der Waals surface area contributed by atoms with E-state index in [4.69, 9.17) is 15.0 Å². The third-order valence-corrected chi connectivity index (χ3v) is 37.5. The smallest absolute Gasteiger partial charge is 0.232 e. The zero-order chi connectivity index (χ0) is 100. The molecule has 0 spiro atoms. The second-order valence-electron chi connectivity index (χ2n) is 43.9. The summed E-state index contributed by atoms with van der Waals surface area (Å²) in [7, 11) is 0. The van der Waals surface area contributed by atoms with Gasteiger partial charge in [0, 0.05) is 46.3 Å². The molecule has 0 atom stereocenters. The summed E-state index contributed by atoms with van der Waals surface area (Å²) in [5.74, 6) is 8.94. The predicted octanol–water partition coefficient (Wildman–Crippen LogP) is 49.5. The van der Waals surface area contributed by atoms with Crippen molar-refractivity contribution in [2.75, 3.05) is 45.2 Å². The standard InChI is InChI=1S/C130H235N5S6/c1-8-14-20-26-32-38-44-50-56-62-68-74-80-86-92-98-108-136-122-114-120(115-123(137-109-99-93-87-81-75-69-63-57-51-45-39-33-27-21-15-9-2)126(122)140-112-102-96-90-84-78-72-66-60-54-48-42-36-30-24-18-12-5)131-129-133-128(119-106-104-118(7)105-107-119)134-130(135-129)132-121-116-124(138-110-100-94-88-82-76-70-64-58-52-46-40-34-28-22-16-10-3)127(141-113-103-97-91-85-79-73-67-61-55-49-43-37-31-25-19-13-6)125(117-121)139-111-101-95-89-83-77-71-65-59-53-47-41-35-29-23-17-11-4/h104-107,114-117H,8-103,108-113H2,1-7H3,(H2,131,132,133,134,135). The zero-order valence-corrected chi connectivity index (χ0v) is 99.9. The third-order valence-electron chi connectivity index (χ3n) is 30.0. The van der Waals surface area contributed by atoms with E-state index in [-0.39, 0.29) is 0 Å². The lowest BCUT2D eigenvalue weighted by Crippen LogP contribution is -2.06. The average molecular weight is 2060 g/mol. The quantitative estimate of drug-likeness (QED) is 0.0328. The first-order valence-electron chi connectivity index (χ1n) is 63.4. The Hall–Kier alpha value is -1.63. The number of aryl methyl sites for hydroxylation is 1. The number of rotatable bonds is 113. The van der Waals surface area contributed by atoms with Crippen LogP contribution in [-0.2, 0) is 0 Å². The van der Waals surface area contributed by atoms with Crippen LogP contribution in [0.15, 0.2) is 77.9 Å².